The molecule has 0 amide bonds. The topological polar surface area (TPSA) is 67.8 Å². The minimum Gasteiger partial charge on any atom is -0.493 e. The molecule has 0 aliphatic heterocycles. The summed E-state index contributed by atoms with van der Waals surface area (Å²) < 4.78 is 11.6. The Hall–Kier alpha value is -2.53. The number of hydrogen-bond donors (Lipinski definition) is 2. The van der Waals surface area contributed by atoms with Gasteiger partial charge >= 0.3 is 5.97 Å². The summed E-state index contributed by atoms with van der Waals surface area (Å²) in [5.41, 5.74) is 6.11. The molecule has 0 spiro atoms. The lowest BCUT2D eigenvalue weighted by Gasteiger charge is -2.22. The molecule has 0 heterocycles. The van der Waals surface area contributed by atoms with Crippen LogP contribution in [0.4, 0.5) is 0 Å². The zero-order valence-corrected chi connectivity index (χ0v) is 18.4. The number of rotatable bonds is 9. The first-order valence-corrected chi connectivity index (χ1v) is 9.94. The van der Waals surface area contributed by atoms with Gasteiger partial charge in [-0.3, -0.25) is 4.79 Å². The Kier molecular flexibility index (Phi) is 7.68. The van der Waals surface area contributed by atoms with Crippen molar-refractivity contribution in [2.75, 3.05) is 13.7 Å². The molecule has 0 radical (unpaired) electrons. The molecule has 0 saturated carbocycles. The smallest absolute Gasteiger partial charge is 0.304 e. The summed E-state index contributed by atoms with van der Waals surface area (Å²) in [7, 11) is 1.62. The third-order valence-electron chi connectivity index (χ3n) is 5.01. The van der Waals surface area contributed by atoms with E-state index in [4.69, 9.17) is 14.6 Å². The molecule has 0 bridgehead atoms. The number of benzene rings is 2. The van der Waals surface area contributed by atoms with Crippen molar-refractivity contribution in [2.24, 2.45) is 0 Å². The second-order valence-corrected chi connectivity index (χ2v) is 8.43. The highest BCUT2D eigenvalue weighted by molar-refractivity contribution is 5.66. The fourth-order valence-corrected chi connectivity index (χ4v) is 3.17. The summed E-state index contributed by atoms with van der Waals surface area (Å²) in [6.07, 6.45) is 0.102. The molecule has 2 aromatic carbocycles. The van der Waals surface area contributed by atoms with Crippen molar-refractivity contribution in [1.82, 2.24) is 5.32 Å². The van der Waals surface area contributed by atoms with Crippen LogP contribution in [0.25, 0.3) is 0 Å². The van der Waals surface area contributed by atoms with Crippen LogP contribution in [0.2, 0.25) is 0 Å². The van der Waals surface area contributed by atoms with Crippen molar-refractivity contribution in [3.8, 4) is 11.5 Å². The number of aliphatic carboxylic acids is 1. The van der Waals surface area contributed by atoms with Crippen molar-refractivity contribution in [3.63, 3.8) is 0 Å². The highest BCUT2D eigenvalue weighted by atomic mass is 16.5. The van der Waals surface area contributed by atoms with Crippen LogP contribution in [0, 0.1) is 13.8 Å². The molecule has 0 saturated heterocycles. The van der Waals surface area contributed by atoms with Gasteiger partial charge in [0.15, 0.2) is 11.5 Å². The van der Waals surface area contributed by atoms with Crippen LogP contribution in [0.5, 0.6) is 11.5 Å². The number of carbonyl (C=O) groups is 1. The Morgan fingerprint density at radius 3 is 2.28 bits per heavy atom. The van der Waals surface area contributed by atoms with Gasteiger partial charge < -0.3 is 19.9 Å². The Morgan fingerprint density at radius 1 is 1.07 bits per heavy atom. The van der Waals surface area contributed by atoms with Crippen molar-refractivity contribution < 1.29 is 19.4 Å². The van der Waals surface area contributed by atoms with Gasteiger partial charge in [-0.1, -0.05) is 39.0 Å². The molecule has 0 aromatic heterocycles. The van der Waals surface area contributed by atoms with Crippen LogP contribution in [0.3, 0.4) is 0 Å². The van der Waals surface area contributed by atoms with E-state index in [2.05, 4.69) is 52.1 Å². The minimum absolute atomic E-state index is 0.102. The van der Waals surface area contributed by atoms with Crippen molar-refractivity contribution in [1.29, 1.82) is 0 Å². The van der Waals surface area contributed by atoms with Gasteiger partial charge in [0.2, 0.25) is 0 Å². The number of nitrogens with one attached hydrogen (secondary N) is 1. The average molecular weight is 400 g/mol. The lowest BCUT2D eigenvalue weighted by atomic mass is 9.84. The van der Waals surface area contributed by atoms with E-state index in [1.165, 1.54) is 22.3 Å². The lowest BCUT2D eigenvalue weighted by molar-refractivity contribution is -0.136. The van der Waals surface area contributed by atoms with E-state index in [0.29, 0.717) is 31.2 Å². The first-order valence-electron chi connectivity index (χ1n) is 9.94. The molecule has 2 aromatic rings. The second kappa shape index (κ2) is 9.79. The van der Waals surface area contributed by atoms with Gasteiger partial charge in [-0.25, -0.2) is 0 Å². The molecule has 0 atom stereocenters. The van der Waals surface area contributed by atoms with Gasteiger partial charge in [-0.05, 0) is 59.2 Å². The number of carboxylic acid groups (broad SMARTS) is 1. The zero-order valence-electron chi connectivity index (χ0n) is 18.4. The molecule has 0 unspecified atom stereocenters. The zero-order chi connectivity index (χ0) is 21.6. The predicted molar refractivity (Wildman–Crippen MR) is 116 cm³/mol. The number of aryl methyl sites for hydroxylation is 2. The van der Waals surface area contributed by atoms with Crippen LogP contribution in [-0.4, -0.2) is 24.7 Å². The lowest BCUT2D eigenvalue weighted by Crippen LogP contribution is -2.17. The van der Waals surface area contributed by atoms with Crippen LogP contribution in [0.1, 0.15) is 55.0 Å². The maximum atomic E-state index is 10.6. The molecule has 2 rings (SSSR count). The third kappa shape index (κ3) is 6.50. The van der Waals surface area contributed by atoms with Crippen LogP contribution < -0.4 is 14.8 Å². The molecule has 5 nitrogen and oxygen atoms in total. The molecule has 5 heteroatoms. The third-order valence-corrected chi connectivity index (χ3v) is 5.01. The van der Waals surface area contributed by atoms with Gasteiger partial charge in [-0.15, -0.1) is 0 Å². The fourth-order valence-electron chi connectivity index (χ4n) is 3.17. The molecule has 29 heavy (non-hydrogen) atoms. The van der Waals surface area contributed by atoms with Crippen molar-refractivity contribution in [2.45, 2.75) is 59.6 Å². The first kappa shape index (κ1) is 22.8. The summed E-state index contributed by atoms with van der Waals surface area (Å²) in [4.78, 5) is 10.6. The van der Waals surface area contributed by atoms with Gasteiger partial charge in [0, 0.05) is 13.1 Å². The SMILES string of the molecule is COc1cc(CNCCC(=O)O)ccc1OCc1c(C)cc(C(C)(C)C)cc1C. The van der Waals surface area contributed by atoms with E-state index in [1.807, 2.05) is 18.2 Å². The summed E-state index contributed by atoms with van der Waals surface area (Å²) in [6.45, 7) is 12.4. The van der Waals surface area contributed by atoms with Crippen molar-refractivity contribution >= 4 is 5.97 Å². The number of methoxy groups -OCH3 is 1. The van der Waals surface area contributed by atoms with E-state index in [1.54, 1.807) is 7.11 Å². The Balaban J connectivity index is 2.08. The number of carboxylic acids is 1. The molecule has 0 aliphatic rings. The monoisotopic (exact) mass is 399 g/mol. The molecule has 0 fully saturated rings. The largest absolute Gasteiger partial charge is 0.493 e. The van der Waals surface area contributed by atoms with Gasteiger partial charge in [-0.2, -0.15) is 0 Å². The standard InChI is InChI=1S/C24H33NO4/c1-16-11-19(24(3,4)5)12-17(2)20(16)15-29-21-8-7-18(13-22(21)28-6)14-25-10-9-23(26)27/h7-8,11-13,25H,9-10,14-15H2,1-6H3,(H,26,27). The van der Waals surface area contributed by atoms with E-state index in [-0.39, 0.29) is 11.8 Å². The van der Waals surface area contributed by atoms with Gasteiger partial charge in [0.1, 0.15) is 6.61 Å². The second-order valence-electron chi connectivity index (χ2n) is 8.43. The van der Waals surface area contributed by atoms with Crippen LogP contribution >= 0.6 is 0 Å². The highest BCUT2D eigenvalue weighted by Crippen LogP contribution is 2.31. The highest BCUT2D eigenvalue weighted by Gasteiger charge is 2.17. The molecular formula is C24H33NO4. The fraction of sp³-hybridized carbons (Fsp3) is 0.458. The quantitative estimate of drug-likeness (QED) is 0.596. The Labute approximate surface area is 174 Å². The van der Waals surface area contributed by atoms with Gasteiger partial charge in [0.05, 0.1) is 13.5 Å². The van der Waals surface area contributed by atoms with E-state index >= 15 is 0 Å². The maximum Gasteiger partial charge on any atom is 0.304 e. The number of ether oxygens (including phenoxy) is 2. The van der Waals surface area contributed by atoms with Gasteiger partial charge in [0.25, 0.3) is 0 Å². The summed E-state index contributed by atoms with van der Waals surface area (Å²) in [5, 5.41) is 11.8. The predicted octanol–water partition coefficient (Wildman–Crippen LogP) is 4.75. The van der Waals surface area contributed by atoms with Crippen molar-refractivity contribution in [3.05, 3.63) is 58.1 Å². The van der Waals surface area contributed by atoms with E-state index in [9.17, 15) is 4.79 Å². The van der Waals surface area contributed by atoms with E-state index in [0.717, 1.165) is 5.56 Å². The molecule has 2 N–H and O–H groups in total. The summed E-state index contributed by atoms with van der Waals surface area (Å²) in [5.74, 6) is 0.560. The summed E-state index contributed by atoms with van der Waals surface area (Å²) in [6, 6.07) is 10.3. The molecule has 0 aliphatic carbocycles. The van der Waals surface area contributed by atoms with Crippen LogP contribution in [0.15, 0.2) is 30.3 Å². The van der Waals surface area contributed by atoms with E-state index < -0.39 is 5.97 Å². The minimum atomic E-state index is -0.806. The maximum absolute atomic E-state index is 10.6. The molecule has 158 valence electrons. The summed E-state index contributed by atoms with van der Waals surface area (Å²) >= 11 is 0. The average Bonchev–Trinajstić information content (AvgIpc) is 2.64. The normalized spacial score (nSPS) is 11.4. The first-order chi connectivity index (χ1) is 13.6. The number of hydrogen-bond acceptors (Lipinski definition) is 4. The Morgan fingerprint density at radius 2 is 1.72 bits per heavy atom. The molecular weight excluding hydrogens is 366 g/mol. The Bertz CT molecular complexity index is 829. The van der Waals surface area contributed by atoms with Crippen LogP contribution in [-0.2, 0) is 23.4 Å².